The van der Waals surface area contributed by atoms with E-state index in [1.165, 1.54) is 6.07 Å². The summed E-state index contributed by atoms with van der Waals surface area (Å²) in [6.45, 7) is 2.05. The van der Waals surface area contributed by atoms with Crippen molar-refractivity contribution in [2.45, 2.75) is 25.5 Å². The van der Waals surface area contributed by atoms with E-state index in [0.717, 1.165) is 26.0 Å². The lowest BCUT2D eigenvalue weighted by Crippen LogP contribution is -2.26. The zero-order chi connectivity index (χ0) is 12.1. The van der Waals surface area contributed by atoms with Crippen LogP contribution in [-0.4, -0.2) is 19.3 Å². The molecule has 1 atom stereocenters. The van der Waals surface area contributed by atoms with Crippen LogP contribution in [0.3, 0.4) is 0 Å². The van der Waals surface area contributed by atoms with Crippen molar-refractivity contribution in [2.24, 2.45) is 0 Å². The van der Waals surface area contributed by atoms with Gasteiger partial charge in [-0.25, -0.2) is 4.39 Å². The van der Waals surface area contributed by atoms with E-state index in [1.807, 2.05) is 6.07 Å². The molecule has 1 aromatic rings. The molecule has 0 aromatic heterocycles. The van der Waals surface area contributed by atoms with Crippen LogP contribution >= 0.6 is 0 Å². The van der Waals surface area contributed by atoms with Crippen LogP contribution in [0.15, 0.2) is 18.2 Å². The average molecular weight is 234 g/mol. The normalized spacial score (nSPS) is 19.2. The molecule has 0 spiro atoms. The van der Waals surface area contributed by atoms with Crippen molar-refractivity contribution in [3.05, 3.63) is 35.1 Å². The van der Waals surface area contributed by atoms with Crippen LogP contribution < -0.4 is 5.32 Å². The fraction of sp³-hybridized carbons (Fsp3) is 0.462. The monoisotopic (exact) mass is 234 g/mol. The van der Waals surface area contributed by atoms with Crippen LogP contribution in [-0.2, 0) is 11.3 Å². The Morgan fingerprint density at radius 2 is 2.41 bits per heavy atom. The van der Waals surface area contributed by atoms with Gasteiger partial charge >= 0.3 is 0 Å². The number of nitrogens with one attached hydrogen (secondary N) is 1. The molecule has 90 valence electrons. The third kappa shape index (κ3) is 3.26. The second-order valence-corrected chi connectivity index (χ2v) is 4.18. The minimum atomic E-state index is -0.330. The largest absolute Gasteiger partial charge is 0.377 e. The molecule has 1 N–H and O–H groups in total. The summed E-state index contributed by atoms with van der Waals surface area (Å²) < 4.78 is 19.0. The minimum absolute atomic E-state index is 0.261. The van der Waals surface area contributed by atoms with Crippen LogP contribution in [0.5, 0.6) is 0 Å². The number of benzene rings is 1. The summed E-state index contributed by atoms with van der Waals surface area (Å²) in [5, 5.41) is 11.8. The predicted molar refractivity (Wildman–Crippen MR) is 61.8 cm³/mol. The zero-order valence-electron chi connectivity index (χ0n) is 9.58. The Morgan fingerprint density at radius 3 is 3.06 bits per heavy atom. The highest BCUT2D eigenvalue weighted by molar-refractivity contribution is 5.32. The smallest absolute Gasteiger partial charge is 0.129 e. The van der Waals surface area contributed by atoms with Gasteiger partial charge in [0.15, 0.2) is 0 Å². The van der Waals surface area contributed by atoms with Crippen molar-refractivity contribution in [1.29, 1.82) is 5.26 Å². The lowest BCUT2D eigenvalue weighted by Gasteiger charge is -2.11. The number of hydrogen-bond acceptors (Lipinski definition) is 3. The van der Waals surface area contributed by atoms with Gasteiger partial charge in [-0.15, -0.1) is 0 Å². The molecular formula is C13H15FN2O. The summed E-state index contributed by atoms with van der Waals surface area (Å²) in [5.41, 5.74) is 0.937. The van der Waals surface area contributed by atoms with E-state index in [2.05, 4.69) is 5.32 Å². The summed E-state index contributed by atoms with van der Waals surface area (Å²) >= 11 is 0. The first-order valence-corrected chi connectivity index (χ1v) is 5.80. The molecule has 1 saturated heterocycles. The standard InChI is InChI=1S/C13H15FN2O/c14-13-6-10(7-15)3-4-11(13)8-16-9-12-2-1-5-17-12/h3-4,6,12,16H,1-2,5,8-9H2. The highest BCUT2D eigenvalue weighted by atomic mass is 19.1. The van der Waals surface area contributed by atoms with Gasteiger partial charge in [-0.1, -0.05) is 6.07 Å². The van der Waals surface area contributed by atoms with Crippen LogP contribution in [0.25, 0.3) is 0 Å². The number of rotatable bonds is 4. The van der Waals surface area contributed by atoms with E-state index in [-0.39, 0.29) is 11.9 Å². The Labute approximate surface area is 100 Å². The van der Waals surface area contributed by atoms with Crippen molar-refractivity contribution in [2.75, 3.05) is 13.2 Å². The van der Waals surface area contributed by atoms with Crippen LogP contribution in [0.1, 0.15) is 24.0 Å². The van der Waals surface area contributed by atoms with E-state index in [1.54, 1.807) is 12.1 Å². The first-order chi connectivity index (χ1) is 8.29. The highest BCUT2D eigenvalue weighted by Crippen LogP contribution is 2.12. The average Bonchev–Trinajstić information content (AvgIpc) is 2.84. The van der Waals surface area contributed by atoms with Crippen LogP contribution in [0.4, 0.5) is 4.39 Å². The van der Waals surface area contributed by atoms with E-state index >= 15 is 0 Å². The molecular weight excluding hydrogens is 219 g/mol. The second-order valence-electron chi connectivity index (χ2n) is 4.18. The van der Waals surface area contributed by atoms with Gasteiger partial charge in [0.05, 0.1) is 17.7 Å². The highest BCUT2D eigenvalue weighted by Gasteiger charge is 2.14. The number of nitrogens with zero attached hydrogens (tertiary/aromatic N) is 1. The van der Waals surface area contributed by atoms with Gasteiger partial charge in [-0.2, -0.15) is 5.26 Å². The van der Waals surface area contributed by atoms with Crippen molar-refractivity contribution in [1.82, 2.24) is 5.32 Å². The number of nitriles is 1. The Bertz CT molecular complexity index is 422. The molecule has 2 rings (SSSR count). The van der Waals surface area contributed by atoms with Gasteiger partial charge in [-0.05, 0) is 25.0 Å². The molecule has 1 aromatic carbocycles. The fourth-order valence-corrected chi connectivity index (χ4v) is 1.93. The van der Waals surface area contributed by atoms with Gasteiger partial charge < -0.3 is 10.1 Å². The predicted octanol–water partition coefficient (Wildman–Crippen LogP) is 1.97. The molecule has 1 aliphatic heterocycles. The Morgan fingerprint density at radius 1 is 1.53 bits per heavy atom. The molecule has 1 aliphatic rings. The van der Waals surface area contributed by atoms with E-state index in [4.69, 9.17) is 10.00 Å². The van der Waals surface area contributed by atoms with E-state index in [9.17, 15) is 4.39 Å². The lowest BCUT2D eigenvalue weighted by atomic mass is 10.1. The Hall–Kier alpha value is -1.44. The van der Waals surface area contributed by atoms with Crippen molar-refractivity contribution < 1.29 is 9.13 Å². The van der Waals surface area contributed by atoms with Crippen molar-refractivity contribution >= 4 is 0 Å². The number of hydrogen-bond donors (Lipinski definition) is 1. The first-order valence-electron chi connectivity index (χ1n) is 5.80. The quantitative estimate of drug-likeness (QED) is 0.866. The second kappa shape index (κ2) is 5.76. The van der Waals surface area contributed by atoms with Crippen molar-refractivity contribution in [3.63, 3.8) is 0 Å². The van der Waals surface area contributed by atoms with Gasteiger partial charge in [0.25, 0.3) is 0 Å². The molecule has 3 nitrogen and oxygen atoms in total. The van der Waals surface area contributed by atoms with Gasteiger partial charge in [-0.3, -0.25) is 0 Å². The summed E-state index contributed by atoms with van der Waals surface area (Å²) in [5.74, 6) is -0.330. The van der Waals surface area contributed by atoms with E-state index < -0.39 is 0 Å². The van der Waals surface area contributed by atoms with Crippen molar-refractivity contribution in [3.8, 4) is 6.07 Å². The number of ether oxygens (including phenoxy) is 1. The molecule has 0 aliphatic carbocycles. The van der Waals surface area contributed by atoms with E-state index in [0.29, 0.717) is 17.7 Å². The molecule has 1 unspecified atom stereocenters. The summed E-state index contributed by atoms with van der Waals surface area (Å²) in [6, 6.07) is 6.46. The molecule has 1 heterocycles. The number of halogens is 1. The molecule has 4 heteroatoms. The maximum absolute atomic E-state index is 13.5. The molecule has 17 heavy (non-hydrogen) atoms. The van der Waals surface area contributed by atoms with Gasteiger partial charge in [0.1, 0.15) is 5.82 Å². The Balaban J connectivity index is 1.84. The lowest BCUT2D eigenvalue weighted by molar-refractivity contribution is 0.110. The first kappa shape index (κ1) is 12.0. The summed E-state index contributed by atoms with van der Waals surface area (Å²) in [7, 11) is 0. The maximum atomic E-state index is 13.5. The fourth-order valence-electron chi connectivity index (χ4n) is 1.93. The third-order valence-electron chi connectivity index (χ3n) is 2.89. The molecule has 0 amide bonds. The zero-order valence-corrected chi connectivity index (χ0v) is 9.58. The van der Waals surface area contributed by atoms with Crippen LogP contribution in [0.2, 0.25) is 0 Å². The molecule has 1 fully saturated rings. The maximum Gasteiger partial charge on any atom is 0.129 e. The molecule has 0 radical (unpaired) electrons. The molecule has 0 saturated carbocycles. The summed E-state index contributed by atoms with van der Waals surface area (Å²) in [6.07, 6.45) is 2.44. The summed E-state index contributed by atoms with van der Waals surface area (Å²) in [4.78, 5) is 0. The Kier molecular flexibility index (Phi) is 4.08. The topological polar surface area (TPSA) is 45.0 Å². The van der Waals surface area contributed by atoms with Gasteiger partial charge in [0, 0.05) is 25.3 Å². The molecule has 0 bridgehead atoms. The SMILES string of the molecule is N#Cc1ccc(CNCC2CCCO2)c(F)c1. The minimum Gasteiger partial charge on any atom is -0.377 e. The third-order valence-corrected chi connectivity index (χ3v) is 2.89. The van der Waals surface area contributed by atoms with Gasteiger partial charge in [0.2, 0.25) is 0 Å². The van der Waals surface area contributed by atoms with Crippen LogP contribution in [0, 0.1) is 17.1 Å².